The zero-order valence-electron chi connectivity index (χ0n) is 18.8. The van der Waals surface area contributed by atoms with E-state index in [-0.39, 0.29) is 12.7 Å². The molecule has 3 heterocycles. The molecule has 174 valence electrons. The Hall–Kier alpha value is -3.27. The molecule has 1 aliphatic heterocycles. The number of amides is 1. The number of rotatable bonds is 11. The minimum absolute atomic E-state index is 0.178. The first-order valence-electron chi connectivity index (χ1n) is 11.1. The summed E-state index contributed by atoms with van der Waals surface area (Å²) in [4.78, 5) is 21.6. The summed E-state index contributed by atoms with van der Waals surface area (Å²) in [6, 6.07) is 5.56. The van der Waals surface area contributed by atoms with E-state index in [0.717, 1.165) is 58.5 Å². The third-order valence-corrected chi connectivity index (χ3v) is 5.95. The van der Waals surface area contributed by atoms with E-state index in [1.807, 2.05) is 22.9 Å². The summed E-state index contributed by atoms with van der Waals surface area (Å²) in [5.74, 6) is 3.00. The van der Waals surface area contributed by atoms with E-state index in [0.29, 0.717) is 18.8 Å². The van der Waals surface area contributed by atoms with Crippen molar-refractivity contribution in [2.75, 3.05) is 31.0 Å². The summed E-state index contributed by atoms with van der Waals surface area (Å²) in [6.45, 7) is 6.25. The largest absolute Gasteiger partial charge is 0.454 e. The van der Waals surface area contributed by atoms with Crippen LogP contribution in [0.5, 0.6) is 11.5 Å². The van der Waals surface area contributed by atoms with Gasteiger partial charge in [0.1, 0.15) is 5.82 Å². The summed E-state index contributed by atoms with van der Waals surface area (Å²) < 4.78 is 12.5. The zero-order chi connectivity index (χ0) is 23.0. The number of benzene rings is 1. The maximum atomic E-state index is 12.3. The molecule has 1 aliphatic rings. The Balaban J connectivity index is 1.38. The molecule has 0 saturated heterocycles. The maximum Gasteiger partial charge on any atom is 0.244 e. The van der Waals surface area contributed by atoms with Gasteiger partial charge in [-0.05, 0) is 36.6 Å². The first-order chi connectivity index (χ1) is 16.2. The van der Waals surface area contributed by atoms with Crippen LogP contribution in [0.4, 0.5) is 5.82 Å². The summed E-state index contributed by atoms with van der Waals surface area (Å²) >= 11 is 1.64. The van der Waals surface area contributed by atoms with Crippen molar-refractivity contribution >= 4 is 40.6 Å². The zero-order valence-corrected chi connectivity index (χ0v) is 19.7. The smallest absolute Gasteiger partial charge is 0.244 e. The molecule has 4 rings (SSSR count). The molecule has 10 heteroatoms. The van der Waals surface area contributed by atoms with Crippen molar-refractivity contribution < 1.29 is 14.3 Å². The molecule has 0 saturated carbocycles. The second kappa shape index (κ2) is 11.0. The van der Waals surface area contributed by atoms with Crippen LogP contribution < -0.4 is 20.1 Å². The monoisotopic (exact) mass is 468 g/mol. The van der Waals surface area contributed by atoms with Crippen molar-refractivity contribution in [2.24, 2.45) is 0 Å². The molecule has 0 spiro atoms. The van der Waals surface area contributed by atoms with Crippen molar-refractivity contribution in [3.63, 3.8) is 0 Å². The van der Waals surface area contributed by atoms with E-state index in [1.165, 1.54) is 6.08 Å². The first kappa shape index (κ1) is 22.9. The Labute approximate surface area is 197 Å². The van der Waals surface area contributed by atoms with Gasteiger partial charge in [-0.3, -0.25) is 4.79 Å². The van der Waals surface area contributed by atoms with Crippen LogP contribution in [-0.2, 0) is 11.3 Å². The lowest BCUT2D eigenvalue weighted by Gasteiger charge is -2.09. The quantitative estimate of drug-likeness (QED) is 0.249. The number of thioether (sulfide) groups is 1. The number of carbonyl (C=O) groups excluding carboxylic acids is 1. The fraction of sp³-hybridized carbons (Fsp3) is 0.391. The van der Waals surface area contributed by atoms with Gasteiger partial charge in [-0.1, -0.05) is 31.7 Å². The van der Waals surface area contributed by atoms with E-state index in [1.54, 1.807) is 24.0 Å². The van der Waals surface area contributed by atoms with Gasteiger partial charge in [0.25, 0.3) is 0 Å². The standard InChI is InChI=1S/C23H28N6O3S/c1-3-9-25-21-17-14-26-29(22(17)28-23(27-21)33-12-4-2)11-10-24-20(30)8-6-16-5-7-18-19(13-16)32-15-31-18/h5-8,13-14H,3-4,9-12,15H2,1-2H3,(H,24,30)(H,25,27,28)/b8-6-. The molecular formula is C23H28N6O3S. The van der Waals surface area contributed by atoms with Crippen LogP contribution >= 0.6 is 11.8 Å². The van der Waals surface area contributed by atoms with Gasteiger partial charge in [0.05, 0.1) is 18.1 Å². The minimum atomic E-state index is -0.178. The molecule has 0 fully saturated rings. The molecule has 3 aromatic rings. The molecule has 1 amide bonds. The average molecular weight is 469 g/mol. The number of nitrogens with zero attached hydrogens (tertiary/aromatic N) is 4. The summed E-state index contributed by atoms with van der Waals surface area (Å²) in [5.41, 5.74) is 1.64. The Morgan fingerprint density at radius 3 is 2.91 bits per heavy atom. The lowest BCUT2D eigenvalue weighted by atomic mass is 10.2. The highest BCUT2D eigenvalue weighted by Gasteiger charge is 2.14. The van der Waals surface area contributed by atoms with Crippen molar-refractivity contribution in [2.45, 2.75) is 38.4 Å². The number of carbonyl (C=O) groups is 1. The molecule has 2 N–H and O–H groups in total. The maximum absolute atomic E-state index is 12.3. The Morgan fingerprint density at radius 1 is 1.18 bits per heavy atom. The number of hydrogen-bond acceptors (Lipinski definition) is 8. The highest BCUT2D eigenvalue weighted by Crippen LogP contribution is 2.32. The van der Waals surface area contributed by atoms with E-state index < -0.39 is 0 Å². The number of fused-ring (bicyclic) bond motifs is 2. The highest BCUT2D eigenvalue weighted by molar-refractivity contribution is 7.99. The van der Waals surface area contributed by atoms with Gasteiger partial charge >= 0.3 is 0 Å². The fourth-order valence-corrected chi connectivity index (χ4v) is 3.96. The number of ether oxygens (including phenoxy) is 2. The number of nitrogens with one attached hydrogen (secondary N) is 2. The molecule has 0 aliphatic carbocycles. The predicted molar refractivity (Wildman–Crippen MR) is 130 cm³/mol. The predicted octanol–water partition coefficient (Wildman–Crippen LogP) is 3.71. The van der Waals surface area contributed by atoms with Gasteiger partial charge < -0.3 is 20.1 Å². The SMILES string of the molecule is CCCNc1nc(SCCC)nc2c1cnn2CCNC(=O)/C=C\c1ccc2c(c1)OCO2. The molecule has 0 bridgehead atoms. The fourth-order valence-electron chi connectivity index (χ4n) is 3.27. The van der Waals surface area contributed by atoms with Crippen LogP contribution in [0.25, 0.3) is 17.1 Å². The van der Waals surface area contributed by atoms with Gasteiger partial charge in [0.2, 0.25) is 12.7 Å². The minimum Gasteiger partial charge on any atom is -0.454 e. The highest BCUT2D eigenvalue weighted by atomic mass is 32.2. The van der Waals surface area contributed by atoms with E-state index >= 15 is 0 Å². The molecule has 1 aromatic carbocycles. The summed E-state index contributed by atoms with van der Waals surface area (Å²) in [7, 11) is 0. The van der Waals surface area contributed by atoms with Crippen LogP contribution in [0, 0.1) is 0 Å². The molecule has 9 nitrogen and oxygen atoms in total. The number of hydrogen-bond donors (Lipinski definition) is 2. The van der Waals surface area contributed by atoms with Gasteiger partial charge in [0, 0.05) is 24.9 Å². The van der Waals surface area contributed by atoms with Gasteiger partial charge in [-0.15, -0.1) is 0 Å². The van der Waals surface area contributed by atoms with Crippen molar-refractivity contribution in [3.8, 4) is 11.5 Å². The Morgan fingerprint density at radius 2 is 2.06 bits per heavy atom. The third kappa shape index (κ3) is 5.75. The molecule has 0 atom stereocenters. The van der Waals surface area contributed by atoms with Gasteiger partial charge in [-0.2, -0.15) is 5.10 Å². The molecule has 0 radical (unpaired) electrons. The topological polar surface area (TPSA) is 103 Å². The lowest BCUT2D eigenvalue weighted by Crippen LogP contribution is -2.25. The number of anilines is 1. The van der Waals surface area contributed by atoms with E-state index in [4.69, 9.17) is 14.5 Å². The Kier molecular flexibility index (Phi) is 7.66. The van der Waals surface area contributed by atoms with Crippen molar-refractivity contribution in [1.29, 1.82) is 0 Å². The average Bonchev–Trinajstić information content (AvgIpc) is 3.46. The third-order valence-electron chi connectivity index (χ3n) is 4.90. The molecular weight excluding hydrogens is 440 g/mol. The number of aromatic nitrogens is 4. The molecule has 2 aromatic heterocycles. The summed E-state index contributed by atoms with van der Waals surface area (Å²) in [6.07, 6.45) is 7.09. The van der Waals surface area contributed by atoms with Crippen molar-refractivity contribution in [1.82, 2.24) is 25.1 Å². The lowest BCUT2D eigenvalue weighted by molar-refractivity contribution is -0.116. The van der Waals surface area contributed by atoms with Gasteiger partial charge in [-0.25, -0.2) is 14.6 Å². The van der Waals surface area contributed by atoms with E-state index in [2.05, 4.69) is 34.6 Å². The Bertz CT molecular complexity index is 1150. The first-order valence-corrected chi connectivity index (χ1v) is 12.1. The van der Waals surface area contributed by atoms with Gasteiger partial charge in [0.15, 0.2) is 22.3 Å². The molecule has 33 heavy (non-hydrogen) atoms. The normalized spacial score (nSPS) is 12.5. The van der Waals surface area contributed by atoms with Crippen LogP contribution in [0.2, 0.25) is 0 Å². The van der Waals surface area contributed by atoms with Crippen molar-refractivity contribution in [3.05, 3.63) is 36.0 Å². The summed E-state index contributed by atoms with van der Waals surface area (Å²) in [5, 5.41) is 12.4. The van der Waals surface area contributed by atoms with Crippen LogP contribution in [0.15, 0.2) is 35.6 Å². The van der Waals surface area contributed by atoms with E-state index in [9.17, 15) is 4.79 Å². The van der Waals surface area contributed by atoms with Crippen LogP contribution in [-0.4, -0.2) is 51.3 Å². The van der Waals surface area contributed by atoms with Crippen LogP contribution in [0.1, 0.15) is 32.3 Å². The second-order valence-corrected chi connectivity index (χ2v) is 8.53. The van der Waals surface area contributed by atoms with Crippen LogP contribution in [0.3, 0.4) is 0 Å². The second-order valence-electron chi connectivity index (χ2n) is 7.47. The molecule has 0 unspecified atom stereocenters.